The zero-order chi connectivity index (χ0) is 17.1. The van der Waals surface area contributed by atoms with Crippen molar-refractivity contribution in [3.8, 4) is 5.75 Å². The number of hydrogen-bond acceptors (Lipinski definition) is 3. The van der Waals surface area contributed by atoms with Crippen molar-refractivity contribution < 1.29 is 18.7 Å². The Morgan fingerprint density at radius 2 is 2.08 bits per heavy atom. The SMILES string of the molecule is O=C(CN1C(=O)COc2cc(Br)ccc21)NCc1ccccc1F. The number of anilines is 1. The Labute approximate surface area is 146 Å². The van der Waals surface area contributed by atoms with Gasteiger partial charge in [0.1, 0.15) is 18.1 Å². The molecular formula is C17H14BrFN2O3. The third kappa shape index (κ3) is 3.56. The fourth-order valence-electron chi connectivity index (χ4n) is 2.39. The molecule has 0 saturated carbocycles. The number of nitrogens with zero attached hydrogens (tertiary/aromatic N) is 1. The molecular weight excluding hydrogens is 379 g/mol. The van der Waals surface area contributed by atoms with E-state index in [1.165, 1.54) is 11.0 Å². The fraction of sp³-hybridized carbons (Fsp3) is 0.176. The van der Waals surface area contributed by atoms with Crippen molar-refractivity contribution in [1.82, 2.24) is 5.32 Å². The van der Waals surface area contributed by atoms with Gasteiger partial charge in [-0.2, -0.15) is 0 Å². The first kappa shape index (κ1) is 16.4. The maximum absolute atomic E-state index is 13.6. The summed E-state index contributed by atoms with van der Waals surface area (Å²) in [6.07, 6.45) is 0. The molecule has 0 bridgehead atoms. The van der Waals surface area contributed by atoms with Crippen LogP contribution in [0.4, 0.5) is 10.1 Å². The van der Waals surface area contributed by atoms with Crippen LogP contribution in [0.5, 0.6) is 5.75 Å². The van der Waals surface area contributed by atoms with Crippen molar-refractivity contribution in [3.63, 3.8) is 0 Å². The quantitative estimate of drug-likeness (QED) is 0.869. The number of fused-ring (bicyclic) bond motifs is 1. The van der Waals surface area contributed by atoms with Gasteiger partial charge in [-0.3, -0.25) is 14.5 Å². The standard InChI is InChI=1S/C17H14BrFN2O3/c18-12-5-6-14-15(7-12)24-10-17(23)21(14)9-16(22)20-8-11-3-1-2-4-13(11)19/h1-7H,8-10H2,(H,20,22). The molecule has 0 fully saturated rings. The molecule has 7 heteroatoms. The van der Waals surface area contributed by atoms with Crippen molar-refractivity contribution in [2.24, 2.45) is 0 Å². The molecule has 2 amide bonds. The average molecular weight is 393 g/mol. The van der Waals surface area contributed by atoms with Crippen LogP contribution in [-0.4, -0.2) is 25.0 Å². The summed E-state index contributed by atoms with van der Waals surface area (Å²) in [6.45, 7) is -0.202. The summed E-state index contributed by atoms with van der Waals surface area (Å²) in [6, 6.07) is 11.4. The van der Waals surface area contributed by atoms with Gasteiger partial charge >= 0.3 is 0 Å². The second-order valence-electron chi connectivity index (χ2n) is 5.25. The third-order valence-electron chi connectivity index (χ3n) is 3.60. The second kappa shape index (κ2) is 7.00. The van der Waals surface area contributed by atoms with E-state index in [-0.39, 0.29) is 37.3 Å². The van der Waals surface area contributed by atoms with Crippen molar-refractivity contribution in [2.75, 3.05) is 18.1 Å². The number of carbonyl (C=O) groups excluding carboxylic acids is 2. The van der Waals surface area contributed by atoms with Crippen LogP contribution in [0.15, 0.2) is 46.9 Å². The smallest absolute Gasteiger partial charge is 0.265 e. The molecule has 0 spiro atoms. The van der Waals surface area contributed by atoms with Crippen LogP contribution in [0.25, 0.3) is 0 Å². The first-order chi connectivity index (χ1) is 11.5. The van der Waals surface area contributed by atoms with E-state index in [0.717, 1.165) is 4.47 Å². The van der Waals surface area contributed by atoms with Crippen molar-refractivity contribution in [2.45, 2.75) is 6.54 Å². The van der Waals surface area contributed by atoms with Gasteiger partial charge in [0.2, 0.25) is 5.91 Å². The molecule has 124 valence electrons. The van der Waals surface area contributed by atoms with Gasteiger partial charge in [-0.1, -0.05) is 34.1 Å². The maximum Gasteiger partial charge on any atom is 0.265 e. The van der Waals surface area contributed by atoms with E-state index >= 15 is 0 Å². The van der Waals surface area contributed by atoms with Crippen molar-refractivity contribution in [1.29, 1.82) is 0 Å². The molecule has 0 aliphatic carbocycles. The summed E-state index contributed by atoms with van der Waals surface area (Å²) in [5, 5.41) is 2.63. The van der Waals surface area contributed by atoms with Gasteiger partial charge in [-0.25, -0.2) is 4.39 Å². The van der Waals surface area contributed by atoms with Crippen LogP contribution in [0.3, 0.4) is 0 Å². The van der Waals surface area contributed by atoms with Gasteiger partial charge in [-0.15, -0.1) is 0 Å². The first-order valence-corrected chi connectivity index (χ1v) is 8.07. The van der Waals surface area contributed by atoms with Crippen LogP contribution in [0.2, 0.25) is 0 Å². The highest BCUT2D eigenvalue weighted by Gasteiger charge is 2.27. The molecule has 2 aromatic carbocycles. The number of hydrogen-bond donors (Lipinski definition) is 1. The highest BCUT2D eigenvalue weighted by Crippen LogP contribution is 2.34. The second-order valence-corrected chi connectivity index (χ2v) is 6.16. The molecule has 5 nitrogen and oxygen atoms in total. The molecule has 0 radical (unpaired) electrons. The normalized spacial score (nSPS) is 13.2. The van der Waals surface area contributed by atoms with Crippen molar-refractivity contribution in [3.05, 3.63) is 58.3 Å². The molecule has 24 heavy (non-hydrogen) atoms. The minimum absolute atomic E-state index is 0.0667. The molecule has 1 aliphatic rings. The molecule has 0 aromatic heterocycles. The van der Waals surface area contributed by atoms with Crippen LogP contribution in [0.1, 0.15) is 5.56 Å². The predicted molar refractivity (Wildman–Crippen MR) is 90.2 cm³/mol. The van der Waals surface area contributed by atoms with Crippen LogP contribution in [-0.2, 0) is 16.1 Å². The Morgan fingerprint density at radius 1 is 1.29 bits per heavy atom. The monoisotopic (exact) mass is 392 g/mol. The van der Waals surface area contributed by atoms with Gasteiger partial charge < -0.3 is 10.1 Å². The molecule has 0 atom stereocenters. The number of amides is 2. The Bertz CT molecular complexity index is 797. The lowest BCUT2D eigenvalue weighted by Gasteiger charge is -2.29. The Hall–Kier alpha value is -2.41. The Balaban J connectivity index is 1.68. The highest BCUT2D eigenvalue weighted by molar-refractivity contribution is 9.10. The number of rotatable bonds is 4. The summed E-state index contributed by atoms with van der Waals surface area (Å²) < 4.78 is 19.7. The van der Waals surface area contributed by atoms with Crippen LogP contribution >= 0.6 is 15.9 Å². The minimum atomic E-state index is -0.379. The molecule has 3 rings (SSSR count). The van der Waals surface area contributed by atoms with Crippen molar-refractivity contribution >= 4 is 33.4 Å². The van der Waals surface area contributed by atoms with Gasteiger partial charge in [-0.05, 0) is 24.3 Å². The van der Waals surface area contributed by atoms with Gasteiger partial charge in [0.25, 0.3) is 5.91 Å². The average Bonchev–Trinajstić information content (AvgIpc) is 2.57. The first-order valence-electron chi connectivity index (χ1n) is 7.27. The molecule has 1 aliphatic heterocycles. The van der Waals surface area contributed by atoms with Gasteiger partial charge in [0, 0.05) is 16.6 Å². The Morgan fingerprint density at radius 3 is 2.88 bits per heavy atom. The number of carbonyl (C=O) groups is 2. The van der Waals surface area contributed by atoms with E-state index in [1.807, 2.05) is 0 Å². The summed E-state index contributed by atoms with van der Waals surface area (Å²) in [4.78, 5) is 25.6. The highest BCUT2D eigenvalue weighted by atomic mass is 79.9. The van der Waals surface area contributed by atoms with E-state index in [2.05, 4.69) is 21.2 Å². The lowest BCUT2D eigenvalue weighted by atomic mass is 10.2. The summed E-state index contributed by atoms with van der Waals surface area (Å²) in [7, 11) is 0. The van der Waals surface area contributed by atoms with E-state index < -0.39 is 0 Å². The van der Waals surface area contributed by atoms with Gasteiger partial charge in [0.05, 0.1) is 5.69 Å². The molecule has 1 N–H and O–H groups in total. The lowest BCUT2D eigenvalue weighted by Crippen LogP contribution is -2.45. The summed E-state index contributed by atoms with van der Waals surface area (Å²) in [5.74, 6) is -0.519. The number of halogens is 2. The molecule has 0 saturated heterocycles. The van der Waals surface area contributed by atoms with E-state index in [4.69, 9.17) is 4.74 Å². The predicted octanol–water partition coefficient (Wildman–Crippen LogP) is 2.63. The van der Waals surface area contributed by atoms with E-state index in [1.54, 1.807) is 36.4 Å². The topological polar surface area (TPSA) is 58.6 Å². The number of nitrogens with one attached hydrogen (secondary N) is 1. The Kier molecular flexibility index (Phi) is 4.80. The van der Waals surface area contributed by atoms with Gasteiger partial charge in [0.15, 0.2) is 6.61 Å². The zero-order valence-corrected chi connectivity index (χ0v) is 14.2. The van der Waals surface area contributed by atoms with E-state index in [9.17, 15) is 14.0 Å². The molecule has 2 aromatic rings. The molecule has 1 heterocycles. The largest absolute Gasteiger partial charge is 0.482 e. The maximum atomic E-state index is 13.6. The zero-order valence-electron chi connectivity index (χ0n) is 12.6. The lowest BCUT2D eigenvalue weighted by molar-refractivity contribution is -0.125. The van der Waals surface area contributed by atoms with E-state index in [0.29, 0.717) is 17.0 Å². The summed E-state index contributed by atoms with van der Waals surface area (Å²) >= 11 is 3.34. The van der Waals surface area contributed by atoms with Crippen LogP contribution in [0, 0.1) is 5.82 Å². The molecule has 0 unspecified atom stereocenters. The number of benzene rings is 2. The fourth-order valence-corrected chi connectivity index (χ4v) is 2.73. The van der Waals surface area contributed by atoms with Crippen LogP contribution < -0.4 is 15.0 Å². The third-order valence-corrected chi connectivity index (χ3v) is 4.09. The summed E-state index contributed by atoms with van der Waals surface area (Å²) in [5.41, 5.74) is 0.930. The number of ether oxygens (including phenoxy) is 1. The minimum Gasteiger partial charge on any atom is -0.482 e.